The number of hydrogen-bond donors (Lipinski definition) is 1. The van der Waals surface area contributed by atoms with Crippen molar-refractivity contribution < 1.29 is 9.13 Å². The molecule has 0 radical (unpaired) electrons. The lowest BCUT2D eigenvalue weighted by Gasteiger charge is -2.19. The zero-order chi connectivity index (χ0) is 12.2. The molecule has 0 bridgehead atoms. The van der Waals surface area contributed by atoms with Gasteiger partial charge in [0.15, 0.2) is 0 Å². The molecule has 0 heterocycles. The molecule has 0 spiro atoms. The van der Waals surface area contributed by atoms with E-state index in [1.54, 1.807) is 12.1 Å². The topological polar surface area (TPSA) is 35.2 Å². The van der Waals surface area contributed by atoms with Crippen LogP contribution in [0.4, 0.5) is 10.1 Å². The maximum absolute atomic E-state index is 13.4. The summed E-state index contributed by atoms with van der Waals surface area (Å²) >= 11 is 1.44. The highest BCUT2D eigenvalue weighted by Gasteiger charge is 2.09. The van der Waals surface area contributed by atoms with Crippen molar-refractivity contribution in [2.45, 2.75) is 31.3 Å². The number of anilines is 1. The molecule has 0 atom stereocenters. The van der Waals surface area contributed by atoms with Crippen molar-refractivity contribution in [3.63, 3.8) is 0 Å². The van der Waals surface area contributed by atoms with Crippen LogP contribution < -0.4 is 5.73 Å². The van der Waals surface area contributed by atoms with Crippen molar-refractivity contribution in [1.82, 2.24) is 0 Å². The Balaban J connectivity index is 2.38. The van der Waals surface area contributed by atoms with Gasteiger partial charge >= 0.3 is 0 Å². The summed E-state index contributed by atoms with van der Waals surface area (Å²) < 4.78 is 18.9. The molecule has 0 aromatic heterocycles. The lowest BCUT2D eigenvalue weighted by atomic mass is 10.2. The van der Waals surface area contributed by atoms with Crippen molar-refractivity contribution in [2.24, 2.45) is 0 Å². The van der Waals surface area contributed by atoms with Gasteiger partial charge in [0, 0.05) is 16.3 Å². The van der Waals surface area contributed by atoms with E-state index in [1.165, 1.54) is 17.8 Å². The van der Waals surface area contributed by atoms with Gasteiger partial charge in [-0.05, 0) is 39.0 Å². The zero-order valence-corrected chi connectivity index (χ0v) is 10.7. The van der Waals surface area contributed by atoms with Crippen LogP contribution in [0, 0.1) is 5.82 Å². The number of benzene rings is 1. The van der Waals surface area contributed by atoms with Crippen molar-refractivity contribution >= 4 is 17.4 Å². The van der Waals surface area contributed by atoms with Gasteiger partial charge in [-0.3, -0.25) is 0 Å². The summed E-state index contributed by atoms with van der Waals surface area (Å²) in [4.78, 5) is 0.617. The smallest absolute Gasteiger partial charge is 0.138 e. The lowest BCUT2D eigenvalue weighted by Crippen LogP contribution is -2.20. The van der Waals surface area contributed by atoms with E-state index in [4.69, 9.17) is 10.5 Å². The number of nitrogen functional groups attached to an aromatic ring is 1. The first kappa shape index (κ1) is 13.3. The Morgan fingerprint density at radius 2 is 2.06 bits per heavy atom. The average molecular weight is 243 g/mol. The molecule has 0 unspecified atom stereocenters. The summed E-state index contributed by atoms with van der Waals surface area (Å²) in [5.74, 6) is 0.471. The number of rotatable bonds is 4. The van der Waals surface area contributed by atoms with Gasteiger partial charge in [0.1, 0.15) is 5.82 Å². The number of hydrogen-bond acceptors (Lipinski definition) is 3. The second-order valence-electron chi connectivity index (χ2n) is 4.50. The first-order valence-electron chi connectivity index (χ1n) is 5.20. The summed E-state index contributed by atoms with van der Waals surface area (Å²) in [6.07, 6.45) is 0. The maximum Gasteiger partial charge on any atom is 0.138 e. The van der Waals surface area contributed by atoms with Crippen LogP contribution in [0.3, 0.4) is 0 Å². The van der Waals surface area contributed by atoms with E-state index in [0.29, 0.717) is 17.2 Å². The summed E-state index contributed by atoms with van der Waals surface area (Å²) in [5, 5.41) is 0. The highest BCUT2D eigenvalue weighted by Crippen LogP contribution is 2.23. The van der Waals surface area contributed by atoms with Crippen LogP contribution in [0.25, 0.3) is 0 Å². The predicted octanol–water partition coefficient (Wildman–Crippen LogP) is 3.32. The third-order valence-electron chi connectivity index (χ3n) is 1.83. The van der Waals surface area contributed by atoms with Gasteiger partial charge in [0.05, 0.1) is 12.2 Å². The van der Waals surface area contributed by atoms with E-state index in [0.717, 1.165) is 5.75 Å². The molecular weight excluding hydrogens is 225 g/mol. The SMILES string of the molecule is CC(C)(C)OCCSc1ccc(N)cc1F. The van der Waals surface area contributed by atoms with Crippen molar-refractivity contribution in [1.29, 1.82) is 0 Å². The minimum absolute atomic E-state index is 0.139. The van der Waals surface area contributed by atoms with Gasteiger partial charge in [-0.25, -0.2) is 4.39 Å². The third-order valence-corrected chi connectivity index (χ3v) is 2.84. The van der Waals surface area contributed by atoms with Gasteiger partial charge in [-0.2, -0.15) is 0 Å². The molecule has 0 amide bonds. The van der Waals surface area contributed by atoms with Crippen LogP contribution >= 0.6 is 11.8 Å². The Morgan fingerprint density at radius 3 is 2.62 bits per heavy atom. The summed E-state index contributed by atoms with van der Waals surface area (Å²) in [5.41, 5.74) is 5.78. The Morgan fingerprint density at radius 1 is 1.38 bits per heavy atom. The minimum atomic E-state index is -0.263. The quantitative estimate of drug-likeness (QED) is 0.500. The molecule has 0 aliphatic heterocycles. The standard InChI is InChI=1S/C12H18FNOS/c1-12(2,3)15-6-7-16-11-5-4-9(14)8-10(11)13/h4-5,8H,6-7,14H2,1-3H3. The van der Waals surface area contributed by atoms with E-state index < -0.39 is 0 Å². The summed E-state index contributed by atoms with van der Waals surface area (Å²) in [6, 6.07) is 4.75. The molecule has 16 heavy (non-hydrogen) atoms. The minimum Gasteiger partial charge on any atom is -0.399 e. The fourth-order valence-corrected chi connectivity index (χ4v) is 1.88. The molecule has 1 aromatic carbocycles. The second kappa shape index (κ2) is 5.55. The van der Waals surface area contributed by atoms with Crippen molar-refractivity contribution in [3.8, 4) is 0 Å². The molecule has 2 nitrogen and oxygen atoms in total. The van der Waals surface area contributed by atoms with Gasteiger partial charge in [0.25, 0.3) is 0 Å². The van der Waals surface area contributed by atoms with Crippen LogP contribution in [0.15, 0.2) is 23.1 Å². The predicted molar refractivity (Wildman–Crippen MR) is 67.2 cm³/mol. The molecule has 90 valence electrons. The first-order chi connectivity index (χ1) is 7.38. The average Bonchev–Trinajstić information content (AvgIpc) is 2.13. The number of nitrogens with two attached hydrogens (primary N) is 1. The molecule has 1 aromatic rings. The monoisotopic (exact) mass is 243 g/mol. The van der Waals surface area contributed by atoms with Crippen molar-refractivity contribution in [2.75, 3.05) is 18.1 Å². The first-order valence-corrected chi connectivity index (χ1v) is 6.19. The Kier molecular flexibility index (Phi) is 4.62. The normalized spacial score (nSPS) is 11.8. The molecule has 0 saturated heterocycles. The number of thioether (sulfide) groups is 1. The van der Waals surface area contributed by atoms with Gasteiger partial charge in [-0.1, -0.05) is 0 Å². The molecule has 0 saturated carbocycles. The fraction of sp³-hybridized carbons (Fsp3) is 0.500. The van der Waals surface area contributed by atoms with Gasteiger partial charge in [0.2, 0.25) is 0 Å². The maximum atomic E-state index is 13.4. The molecule has 0 aliphatic carbocycles. The van der Waals surface area contributed by atoms with E-state index in [-0.39, 0.29) is 11.4 Å². The Bertz CT molecular complexity index is 349. The Hall–Kier alpha value is -0.740. The number of ether oxygens (including phenoxy) is 1. The molecule has 4 heteroatoms. The van der Waals surface area contributed by atoms with E-state index in [2.05, 4.69) is 0 Å². The van der Waals surface area contributed by atoms with Crippen LogP contribution in [0.1, 0.15) is 20.8 Å². The van der Waals surface area contributed by atoms with Gasteiger partial charge < -0.3 is 10.5 Å². The summed E-state index contributed by atoms with van der Waals surface area (Å²) in [6.45, 7) is 6.61. The summed E-state index contributed by atoms with van der Waals surface area (Å²) in [7, 11) is 0. The van der Waals surface area contributed by atoms with Gasteiger partial charge in [-0.15, -0.1) is 11.8 Å². The molecular formula is C12H18FNOS. The van der Waals surface area contributed by atoms with E-state index in [1.807, 2.05) is 20.8 Å². The largest absolute Gasteiger partial charge is 0.399 e. The van der Waals surface area contributed by atoms with Crippen molar-refractivity contribution in [3.05, 3.63) is 24.0 Å². The fourth-order valence-electron chi connectivity index (χ4n) is 1.13. The van der Waals surface area contributed by atoms with E-state index >= 15 is 0 Å². The molecule has 1 rings (SSSR count). The second-order valence-corrected chi connectivity index (χ2v) is 5.64. The third kappa shape index (κ3) is 4.86. The highest BCUT2D eigenvalue weighted by molar-refractivity contribution is 7.99. The molecule has 0 aliphatic rings. The highest BCUT2D eigenvalue weighted by atomic mass is 32.2. The molecule has 0 fully saturated rings. The van der Waals surface area contributed by atoms with Crippen LogP contribution in [-0.2, 0) is 4.74 Å². The van der Waals surface area contributed by atoms with Crippen LogP contribution in [0.2, 0.25) is 0 Å². The Labute approximate surface area is 100 Å². The molecule has 2 N–H and O–H groups in total. The van der Waals surface area contributed by atoms with Crippen LogP contribution in [0.5, 0.6) is 0 Å². The lowest BCUT2D eigenvalue weighted by molar-refractivity contribution is 0.00694. The zero-order valence-electron chi connectivity index (χ0n) is 9.92. The van der Waals surface area contributed by atoms with Crippen LogP contribution in [-0.4, -0.2) is 18.0 Å². The number of halogens is 1. The van der Waals surface area contributed by atoms with E-state index in [9.17, 15) is 4.39 Å².